The number of rotatable bonds is 4. The lowest BCUT2D eigenvalue weighted by atomic mass is 9.99. The van der Waals surface area contributed by atoms with Gasteiger partial charge in [0.25, 0.3) is 0 Å². The molecule has 1 fully saturated rings. The van der Waals surface area contributed by atoms with Crippen LogP contribution in [0.5, 0.6) is 0 Å². The third-order valence-electron chi connectivity index (χ3n) is 3.82. The normalized spacial score (nSPS) is 16.6. The Kier molecular flexibility index (Phi) is 5.55. The number of nitrogens with one attached hydrogen (secondary N) is 1. The number of aliphatic carboxylic acids is 1. The van der Waals surface area contributed by atoms with E-state index >= 15 is 0 Å². The van der Waals surface area contributed by atoms with Crippen LogP contribution in [0.3, 0.4) is 0 Å². The molecule has 0 spiro atoms. The molecule has 112 valence electrons. The van der Waals surface area contributed by atoms with Gasteiger partial charge in [0.1, 0.15) is 0 Å². The van der Waals surface area contributed by atoms with Crippen LogP contribution in [0.25, 0.3) is 6.08 Å². The van der Waals surface area contributed by atoms with Crippen LogP contribution in [0.15, 0.2) is 30.3 Å². The minimum atomic E-state index is -0.972. The summed E-state index contributed by atoms with van der Waals surface area (Å²) in [6, 6.07) is 7.19. The van der Waals surface area contributed by atoms with Gasteiger partial charge < -0.3 is 10.4 Å². The molecule has 1 aromatic carbocycles. The Morgan fingerprint density at radius 3 is 2.24 bits per heavy atom. The zero-order valence-electron chi connectivity index (χ0n) is 12.0. The Morgan fingerprint density at radius 2 is 1.67 bits per heavy atom. The van der Waals surface area contributed by atoms with Gasteiger partial charge in [0, 0.05) is 17.7 Å². The van der Waals surface area contributed by atoms with Crippen molar-refractivity contribution < 1.29 is 14.7 Å². The van der Waals surface area contributed by atoms with Crippen molar-refractivity contribution in [2.75, 3.05) is 5.32 Å². The highest BCUT2D eigenvalue weighted by molar-refractivity contribution is 5.92. The number of carboxylic acid groups (broad SMARTS) is 1. The van der Waals surface area contributed by atoms with E-state index in [-0.39, 0.29) is 11.8 Å². The predicted octanol–water partition coefficient (Wildman–Crippen LogP) is 3.69. The molecule has 1 aromatic rings. The first-order chi connectivity index (χ1) is 10.1. The zero-order valence-corrected chi connectivity index (χ0v) is 12.0. The summed E-state index contributed by atoms with van der Waals surface area (Å²) in [5.74, 6) is -0.745. The van der Waals surface area contributed by atoms with E-state index in [2.05, 4.69) is 5.32 Å². The van der Waals surface area contributed by atoms with Crippen molar-refractivity contribution in [3.8, 4) is 0 Å². The molecule has 21 heavy (non-hydrogen) atoms. The van der Waals surface area contributed by atoms with Crippen LogP contribution >= 0.6 is 0 Å². The first-order valence-electron chi connectivity index (χ1n) is 7.47. The minimum absolute atomic E-state index is 0.103. The summed E-state index contributed by atoms with van der Waals surface area (Å²) in [4.78, 5) is 22.7. The van der Waals surface area contributed by atoms with Crippen molar-refractivity contribution in [3.05, 3.63) is 35.9 Å². The predicted molar refractivity (Wildman–Crippen MR) is 82.9 cm³/mol. The fraction of sp³-hybridized carbons (Fsp3) is 0.412. The summed E-state index contributed by atoms with van der Waals surface area (Å²) >= 11 is 0. The van der Waals surface area contributed by atoms with Crippen LogP contribution < -0.4 is 5.32 Å². The van der Waals surface area contributed by atoms with Gasteiger partial charge in [-0.1, -0.05) is 37.8 Å². The molecule has 2 rings (SSSR count). The minimum Gasteiger partial charge on any atom is -0.478 e. The fourth-order valence-corrected chi connectivity index (χ4v) is 2.63. The summed E-state index contributed by atoms with van der Waals surface area (Å²) in [6.45, 7) is 0. The number of benzene rings is 1. The molecule has 0 heterocycles. The molecule has 4 nitrogen and oxygen atoms in total. The Morgan fingerprint density at radius 1 is 1.05 bits per heavy atom. The van der Waals surface area contributed by atoms with E-state index in [1.807, 2.05) is 0 Å². The number of amides is 1. The van der Waals surface area contributed by atoms with Gasteiger partial charge in [-0.25, -0.2) is 4.79 Å². The Bertz CT molecular complexity index is 511. The smallest absolute Gasteiger partial charge is 0.328 e. The number of anilines is 1. The molecule has 0 saturated heterocycles. The standard InChI is InChI=1S/C17H21NO3/c19-16(20)12-9-13-7-10-15(11-8-13)18-17(21)14-5-3-1-2-4-6-14/h7-12,14H,1-6H2,(H,18,21)(H,19,20). The summed E-state index contributed by atoms with van der Waals surface area (Å²) in [7, 11) is 0. The van der Waals surface area contributed by atoms with E-state index in [1.54, 1.807) is 24.3 Å². The van der Waals surface area contributed by atoms with E-state index in [0.717, 1.165) is 43.0 Å². The zero-order chi connectivity index (χ0) is 15.1. The maximum absolute atomic E-state index is 12.2. The highest BCUT2D eigenvalue weighted by Gasteiger charge is 2.19. The average Bonchev–Trinajstić information content (AvgIpc) is 2.75. The highest BCUT2D eigenvalue weighted by atomic mass is 16.4. The van der Waals surface area contributed by atoms with Gasteiger partial charge in [0.2, 0.25) is 5.91 Å². The van der Waals surface area contributed by atoms with Crippen molar-refractivity contribution in [2.24, 2.45) is 5.92 Å². The van der Waals surface area contributed by atoms with Gasteiger partial charge in [-0.2, -0.15) is 0 Å². The number of carbonyl (C=O) groups excluding carboxylic acids is 1. The van der Waals surface area contributed by atoms with Crippen LogP contribution in [-0.2, 0) is 9.59 Å². The Balaban J connectivity index is 1.93. The van der Waals surface area contributed by atoms with Crippen molar-refractivity contribution in [2.45, 2.75) is 38.5 Å². The maximum Gasteiger partial charge on any atom is 0.328 e. The van der Waals surface area contributed by atoms with E-state index < -0.39 is 5.97 Å². The topological polar surface area (TPSA) is 66.4 Å². The molecule has 1 saturated carbocycles. The molecular formula is C17H21NO3. The van der Waals surface area contributed by atoms with E-state index in [1.165, 1.54) is 18.9 Å². The van der Waals surface area contributed by atoms with Gasteiger partial charge in [0.05, 0.1) is 0 Å². The van der Waals surface area contributed by atoms with Crippen LogP contribution in [0.4, 0.5) is 5.69 Å². The van der Waals surface area contributed by atoms with Gasteiger partial charge in [-0.05, 0) is 36.6 Å². The Hall–Kier alpha value is -2.10. The molecule has 0 unspecified atom stereocenters. The lowest BCUT2D eigenvalue weighted by molar-refractivity contribution is -0.131. The summed E-state index contributed by atoms with van der Waals surface area (Å²) < 4.78 is 0. The second-order valence-electron chi connectivity index (χ2n) is 5.47. The van der Waals surface area contributed by atoms with Gasteiger partial charge in [-0.15, -0.1) is 0 Å². The molecule has 0 aliphatic heterocycles. The van der Waals surface area contributed by atoms with E-state index in [4.69, 9.17) is 5.11 Å². The van der Waals surface area contributed by atoms with Gasteiger partial charge >= 0.3 is 5.97 Å². The largest absolute Gasteiger partial charge is 0.478 e. The van der Waals surface area contributed by atoms with Gasteiger partial charge in [-0.3, -0.25) is 4.79 Å². The molecule has 1 aliphatic carbocycles. The summed E-state index contributed by atoms with van der Waals surface area (Å²) in [5.41, 5.74) is 1.56. The monoisotopic (exact) mass is 287 g/mol. The van der Waals surface area contributed by atoms with Crippen molar-refractivity contribution in [1.29, 1.82) is 0 Å². The first-order valence-corrected chi connectivity index (χ1v) is 7.47. The van der Waals surface area contributed by atoms with Crippen LogP contribution in [0, 0.1) is 5.92 Å². The number of carboxylic acids is 1. The van der Waals surface area contributed by atoms with Crippen molar-refractivity contribution in [1.82, 2.24) is 0 Å². The molecule has 0 bridgehead atoms. The molecule has 0 radical (unpaired) electrons. The third-order valence-corrected chi connectivity index (χ3v) is 3.82. The number of carbonyl (C=O) groups is 2. The number of hydrogen-bond acceptors (Lipinski definition) is 2. The molecule has 0 aromatic heterocycles. The molecule has 1 aliphatic rings. The van der Waals surface area contributed by atoms with Crippen molar-refractivity contribution >= 4 is 23.6 Å². The molecule has 4 heteroatoms. The maximum atomic E-state index is 12.2. The lowest BCUT2D eigenvalue weighted by Crippen LogP contribution is -2.22. The fourth-order valence-electron chi connectivity index (χ4n) is 2.63. The first kappa shape index (κ1) is 15.3. The lowest BCUT2D eigenvalue weighted by Gasteiger charge is -2.14. The second-order valence-corrected chi connectivity index (χ2v) is 5.47. The molecular weight excluding hydrogens is 266 g/mol. The van der Waals surface area contributed by atoms with Crippen molar-refractivity contribution in [3.63, 3.8) is 0 Å². The van der Waals surface area contributed by atoms with Gasteiger partial charge in [0.15, 0.2) is 0 Å². The molecule has 0 atom stereocenters. The summed E-state index contributed by atoms with van der Waals surface area (Å²) in [6.07, 6.45) is 9.31. The van der Waals surface area contributed by atoms with Crippen LogP contribution in [0.2, 0.25) is 0 Å². The SMILES string of the molecule is O=C(O)C=Cc1ccc(NC(=O)C2CCCCCC2)cc1. The summed E-state index contributed by atoms with van der Waals surface area (Å²) in [5, 5.41) is 11.5. The second kappa shape index (κ2) is 7.62. The third kappa shape index (κ3) is 5.06. The molecule has 2 N–H and O–H groups in total. The quantitative estimate of drug-likeness (QED) is 0.655. The Labute approximate surface area is 124 Å². The highest BCUT2D eigenvalue weighted by Crippen LogP contribution is 2.24. The molecule has 1 amide bonds. The van der Waals surface area contributed by atoms with E-state index in [9.17, 15) is 9.59 Å². The average molecular weight is 287 g/mol. The van der Waals surface area contributed by atoms with Crippen LogP contribution in [0.1, 0.15) is 44.1 Å². The van der Waals surface area contributed by atoms with Crippen LogP contribution in [-0.4, -0.2) is 17.0 Å². The number of hydrogen-bond donors (Lipinski definition) is 2. The van der Waals surface area contributed by atoms with E-state index in [0.29, 0.717) is 0 Å².